The quantitative estimate of drug-likeness (QED) is 0.655. The molecule has 0 aliphatic rings. The number of hydrazone groups is 1. The lowest BCUT2D eigenvalue weighted by molar-refractivity contribution is -0.120. The molecule has 2 N–H and O–H groups in total. The first-order valence-corrected chi connectivity index (χ1v) is 6.97. The van der Waals surface area contributed by atoms with Crippen LogP contribution in [0.15, 0.2) is 53.6 Å². The predicted octanol–water partition coefficient (Wildman–Crippen LogP) is 2.01. The first-order valence-electron chi connectivity index (χ1n) is 6.97. The number of hydrogen-bond donors (Lipinski definition) is 2. The van der Waals surface area contributed by atoms with E-state index in [1.165, 1.54) is 30.5 Å². The summed E-state index contributed by atoms with van der Waals surface area (Å²) in [5.41, 5.74) is 4.39. The fourth-order valence-electron chi connectivity index (χ4n) is 1.82. The molecule has 0 aliphatic carbocycles. The minimum Gasteiger partial charge on any atom is -0.343 e. The second kappa shape index (κ2) is 7.84. The molecule has 2 aromatic carbocycles. The fourth-order valence-corrected chi connectivity index (χ4v) is 1.82. The van der Waals surface area contributed by atoms with E-state index in [0.717, 1.165) is 5.56 Å². The molecule has 0 saturated carbocycles. The standard InChI is InChI=1S/C17H16FN3O2/c1-12-3-2-4-14(9-12)17(23)19-11-16(22)21-20-10-13-5-7-15(18)8-6-13/h2-10H,11H2,1H3,(H,19,23)(H,21,22). The Bertz CT molecular complexity index is 727. The highest BCUT2D eigenvalue weighted by atomic mass is 19.1. The molecule has 23 heavy (non-hydrogen) atoms. The van der Waals surface area contributed by atoms with Crippen molar-refractivity contribution < 1.29 is 14.0 Å². The Hall–Kier alpha value is -3.02. The first kappa shape index (κ1) is 16.4. The number of aryl methyl sites for hydroxylation is 1. The highest BCUT2D eigenvalue weighted by Crippen LogP contribution is 2.03. The lowest BCUT2D eigenvalue weighted by Crippen LogP contribution is -2.34. The van der Waals surface area contributed by atoms with Gasteiger partial charge < -0.3 is 5.32 Å². The van der Waals surface area contributed by atoms with E-state index in [0.29, 0.717) is 11.1 Å². The zero-order valence-corrected chi connectivity index (χ0v) is 12.5. The van der Waals surface area contributed by atoms with Gasteiger partial charge in [0.25, 0.3) is 11.8 Å². The van der Waals surface area contributed by atoms with E-state index < -0.39 is 5.91 Å². The van der Waals surface area contributed by atoms with Crippen molar-refractivity contribution in [3.05, 3.63) is 71.0 Å². The largest absolute Gasteiger partial charge is 0.343 e. The van der Waals surface area contributed by atoms with Crippen LogP contribution in [0.1, 0.15) is 21.5 Å². The number of halogens is 1. The highest BCUT2D eigenvalue weighted by molar-refractivity contribution is 5.96. The van der Waals surface area contributed by atoms with Gasteiger partial charge in [0.15, 0.2) is 0 Å². The number of nitrogens with one attached hydrogen (secondary N) is 2. The van der Waals surface area contributed by atoms with Gasteiger partial charge in [0.1, 0.15) is 5.82 Å². The zero-order chi connectivity index (χ0) is 16.7. The highest BCUT2D eigenvalue weighted by Gasteiger charge is 2.07. The van der Waals surface area contributed by atoms with E-state index in [1.807, 2.05) is 13.0 Å². The average Bonchev–Trinajstić information content (AvgIpc) is 2.54. The summed E-state index contributed by atoms with van der Waals surface area (Å²) < 4.78 is 12.7. The average molecular weight is 313 g/mol. The monoisotopic (exact) mass is 313 g/mol. The number of hydrogen-bond acceptors (Lipinski definition) is 3. The molecule has 0 radical (unpaired) electrons. The lowest BCUT2D eigenvalue weighted by Gasteiger charge is -2.04. The van der Waals surface area contributed by atoms with Gasteiger partial charge in [-0.1, -0.05) is 29.8 Å². The van der Waals surface area contributed by atoms with Gasteiger partial charge in [-0.25, -0.2) is 9.82 Å². The number of carbonyl (C=O) groups excluding carboxylic acids is 2. The van der Waals surface area contributed by atoms with E-state index in [4.69, 9.17) is 0 Å². The van der Waals surface area contributed by atoms with Gasteiger partial charge in [-0.05, 0) is 36.8 Å². The normalized spacial score (nSPS) is 10.5. The third-order valence-corrected chi connectivity index (χ3v) is 2.96. The number of amides is 2. The number of benzene rings is 2. The molecule has 2 rings (SSSR count). The van der Waals surface area contributed by atoms with Crippen LogP contribution in [0.25, 0.3) is 0 Å². The van der Waals surface area contributed by atoms with Crippen LogP contribution in [-0.4, -0.2) is 24.6 Å². The summed E-state index contributed by atoms with van der Waals surface area (Å²) in [5.74, 6) is -1.12. The van der Waals surface area contributed by atoms with Gasteiger partial charge in [0.05, 0.1) is 12.8 Å². The van der Waals surface area contributed by atoms with Crippen molar-refractivity contribution in [3.63, 3.8) is 0 Å². The van der Waals surface area contributed by atoms with Gasteiger partial charge in [-0.2, -0.15) is 5.10 Å². The van der Waals surface area contributed by atoms with Gasteiger partial charge in [0, 0.05) is 5.56 Å². The smallest absolute Gasteiger partial charge is 0.259 e. The minimum absolute atomic E-state index is 0.187. The maximum Gasteiger partial charge on any atom is 0.259 e. The van der Waals surface area contributed by atoms with Crippen LogP contribution in [0.4, 0.5) is 4.39 Å². The molecule has 0 fully saturated rings. The molecule has 0 aromatic heterocycles. The first-order chi connectivity index (χ1) is 11.0. The van der Waals surface area contributed by atoms with Crippen LogP contribution in [0.5, 0.6) is 0 Å². The third-order valence-electron chi connectivity index (χ3n) is 2.96. The molecule has 0 heterocycles. The molecule has 0 unspecified atom stereocenters. The maximum absolute atomic E-state index is 12.7. The van der Waals surface area contributed by atoms with Crippen LogP contribution in [0, 0.1) is 12.7 Å². The molecule has 6 heteroatoms. The van der Waals surface area contributed by atoms with Crippen molar-refractivity contribution >= 4 is 18.0 Å². The molecular weight excluding hydrogens is 297 g/mol. The molecule has 0 bridgehead atoms. The van der Waals surface area contributed by atoms with E-state index in [-0.39, 0.29) is 18.3 Å². The molecule has 2 aromatic rings. The molecular formula is C17H16FN3O2. The summed E-state index contributed by atoms with van der Waals surface area (Å²) in [5, 5.41) is 6.25. The zero-order valence-electron chi connectivity index (χ0n) is 12.5. The molecule has 0 aliphatic heterocycles. The molecule has 118 valence electrons. The molecule has 5 nitrogen and oxygen atoms in total. The molecule has 0 saturated heterocycles. The van der Waals surface area contributed by atoms with Gasteiger partial charge in [-0.15, -0.1) is 0 Å². The summed E-state index contributed by atoms with van der Waals surface area (Å²) in [6.07, 6.45) is 1.39. The van der Waals surface area contributed by atoms with Crippen molar-refractivity contribution in [2.45, 2.75) is 6.92 Å². The minimum atomic E-state index is -0.454. The van der Waals surface area contributed by atoms with E-state index >= 15 is 0 Å². The Morgan fingerprint density at radius 3 is 2.61 bits per heavy atom. The third kappa shape index (κ3) is 5.35. The van der Waals surface area contributed by atoms with Crippen LogP contribution in [0.3, 0.4) is 0 Å². The Morgan fingerprint density at radius 1 is 1.17 bits per heavy atom. The van der Waals surface area contributed by atoms with E-state index in [2.05, 4.69) is 15.8 Å². The summed E-state index contributed by atoms with van der Waals surface area (Å²) in [4.78, 5) is 23.5. The van der Waals surface area contributed by atoms with Crippen molar-refractivity contribution in [3.8, 4) is 0 Å². The summed E-state index contributed by atoms with van der Waals surface area (Å²) in [7, 11) is 0. The second-order valence-electron chi connectivity index (χ2n) is 4.90. The van der Waals surface area contributed by atoms with Crippen LogP contribution < -0.4 is 10.7 Å². The Labute approximate surface area is 133 Å². The van der Waals surface area contributed by atoms with Crippen molar-refractivity contribution in [2.75, 3.05) is 6.54 Å². The fraction of sp³-hybridized carbons (Fsp3) is 0.118. The second-order valence-corrected chi connectivity index (χ2v) is 4.90. The van der Waals surface area contributed by atoms with E-state index in [9.17, 15) is 14.0 Å². The van der Waals surface area contributed by atoms with Gasteiger partial charge in [-0.3, -0.25) is 9.59 Å². The van der Waals surface area contributed by atoms with Crippen molar-refractivity contribution in [1.82, 2.24) is 10.7 Å². The van der Waals surface area contributed by atoms with Gasteiger partial charge >= 0.3 is 0 Å². The Kier molecular flexibility index (Phi) is 5.57. The van der Waals surface area contributed by atoms with Crippen LogP contribution in [-0.2, 0) is 4.79 Å². The Balaban J connectivity index is 1.78. The maximum atomic E-state index is 12.7. The van der Waals surface area contributed by atoms with Crippen molar-refractivity contribution in [2.24, 2.45) is 5.10 Å². The Morgan fingerprint density at radius 2 is 1.91 bits per heavy atom. The summed E-state index contributed by atoms with van der Waals surface area (Å²) >= 11 is 0. The van der Waals surface area contributed by atoms with E-state index in [1.54, 1.807) is 18.2 Å². The summed E-state index contributed by atoms with van der Waals surface area (Å²) in [6.45, 7) is 1.70. The molecule has 0 atom stereocenters. The number of carbonyl (C=O) groups is 2. The topological polar surface area (TPSA) is 70.6 Å². The van der Waals surface area contributed by atoms with Crippen LogP contribution in [0.2, 0.25) is 0 Å². The van der Waals surface area contributed by atoms with Crippen molar-refractivity contribution in [1.29, 1.82) is 0 Å². The predicted molar refractivity (Wildman–Crippen MR) is 85.6 cm³/mol. The van der Waals surface area contributed by atoms with Gasteiger partial charge in [0.2, 0.25) is 0 Å². The summed E-state index contributed by atoms with van der Waals surface area (Å²) in [6, 6.07) is 12.7. The number of nitrogens with zero attached hydrogens (tertiary/aromatic N) is 1. The SMILES string of the molecule is Cc1cccc(C(=O)NCC(=O)NN=Cc2ccc(F)cc2)c1. The molecule has 0 spiro atoms. The van der Waals surface area contributed by atoms with Crippen LogP contribution >= 0.6 is 0 Å². The lowest BCUT2D eigenvalue weighted by atomic mass is 10.1. The number of rotatable bonds is 5. The molecule has 2 amide bonds.